The minimum Gasteiger partial charge on any atom is -0.506 e. The maximum atomic E-state index is 13.8. The van der Waals surface area contributed by atoms with Gasteiger partial charge in [-0.05, 0) is 93.7 Å². The zero-order chi connectivity index (χ0) is 46.3. The number of aromatic amines is 2. The molecule has 11 nitrogen and oxygen atoms in total. The lowest BCUT2D eigenvalue weighted by atomic mass is 9.85. The van der Waals surface area contributed by atoms with E-state index in [-0.39, 0.29) is 52.0 Å². The Bertz CT molecular complexity index is 2940. The normalized spacial score (nSPS) is 12.1. The van der Waals surface area contributed by atoms with Gasteiger partial charge in [0.2, 0.25) is 0 Å². The number of nitrogens with zero attached hydrogens (tertiary/aromatic N) is 2. The van der Waals surface area contributed by atoms with Gasteiger partial charge in [0.05, 0.1) is 11.4 Å². The van der Waals surface area contributed by atoms with E-state index in [9.17, 15) is 24.6 Å². The summed E-state index contributed by atoms with van der Waals surface area (Å²) in [7, 11) is 0. The van der Waals surface area contributed by atoms with Crippen molar-refractivity contribution in [1.82, 2.24) is 19.9 Å². The van der Waals surface area contributed by atoms with Crippen LogP contribution in [0.1, 0.15) is 70.2 Å². The van der Waals surface area contributed by atoms with Crippen LogP contribution in [0.5, 0.6) is 23.0 Å². The van der Waals surface area contributed by atoms with E-state index in [0.29, 0.717) is 35.4 Å². The van der Waals surface area contributed by atoms with Crippen molar-refractivity contribution in [2.75, 3.05) is 0 Å². The van der Waals surface area contributed by atoms with Gasteiger partial charge in [-0.25, -0.2) is 19.6 Å². The monoisotopic (exact) mass is 918 g/mol. The molecular formula is C53H44Cl2N4O7. The molecule has 0 spiro atoms. The zero-order valence-corrected chi connectivity index (χ0v) is 37.4. The second kappa shape index (κ2) is 20.1. The highest BCUT2D eigenvalue weighted by atomic mass is 35.5. The number of hydrogen-bond acceptors (Lipinski definition) is 9. The third kappa shape index (κ3) is 10.6. The number of H-pyrrole nitrogens is 2. The Labute approximate surface area is 390 Å². The van der Waals surface area contributed by atoms with Crippen LogP contribution in [0.3, 0.4) is 0 Å². The number of Topliss-reactive ketones (excluding diaryl/α,β-unsaturated/α-hetero) is 1. The van der Waals surface area contributed by atoms with Crippen molar-refractivity contribution in [3.8, 4) is 45.5 Å². The number of rotatable bonds is 16. The number of nitrogens with one attached hydrogen (secondary N) is 2. The van der Waals surface area contributed by atoms with Crippen molar-refractivity contribution in [3.05, 3.63) is 221 Å². The molecule has 0 aliphatic heterocycles. The molecule has 6 aromatic carbocycles. The fourth-order valence-corrected chi connectivity index (χ4v) is 8.25. The van der Waals surface area contributed by atoms with Crippen LogP contribution in [-0.4, -0.2) is 35.9 Å². The largest absolute Gasteiger partial charge is 0.506 e. The number of hydrogen-bond donors (Lipinski definition) is 4. The van der Waals surface area contributed by atoms with Crippen LogP contribution >= 0.6 is 23.2 Å². The number of carbonyl (C=O) groups excluding carboxylic acids is 1. The number of aromatic nitrogens is 4. The summed E-state index contributed by atoms with van der Waals surface area (Å²) in [4.78, 5) is 50.1. The molecule has 2 atom stereocenters. The zero-order valence-electron chi connectivity index (χ0n) is 35.9. The average Bonchev–Trinajstić information content (AvgIpc) is 3.33. The first-order chi connectivity index (χ1) is 31.9. The maximum absolute atomic E-state index is 13.8. The summed E-state index contributed by atoms with van der Waals surface area (Å²) in [5, 5.41) is 22.3. The molecule has 2 heterocycles. The van der Waals surface area contributed by atoms with Crippen LogP contribution in [0, 0.1) is 0 Å². The number of benzene rings is 6. The molecule has 0 radical (unpaired) electrons. The minimum absolute atomic E-state index is 0.0137. The first-order valence-electron chi connectivity index (χ1n) is 21.2. The van der Waals surface area contributed by atoms with E-state index in [4.69, 9.17) is 32.7 Å². The molecule has 0 saturated carbocycles. The number of phenolic OH excluding ortho intramolecular Hbond substituents is 2. The maximum Gasteiger partial charge on any atom is 0.345 e. The summed E-state index contributed by atoms with van der Waals surface area (Å²) in [6.45, 7) is 3.73. The van der Waals surface area contributed by atoms with Gasteiger partial charge in [-0.2, -0.15) is 0 Å². The van der Waals surface area contributed by atoms with Crippen LogP contribution < -0.4 is 20.9 Å². The number of aromatic hydroxyl groups is 2. The summed E-state index contributed by atoms with van der Waals surface area (Å²) in [6.07, 6.45) is 4.34. The number of ketones is 1. The molecule has 2 aromatic heterocycles. The van der Waals surface area contributed by atoms with Gasteiger partial charge in [-0.15, -0.1) is 0 Å². The molecule has 13 heteroatoms. The van der Waals surface area contributed by atoms with Gasteiger partial charge < -0.3 is 29.7 Å². The fourth-order valence-electron chi connectivity index (χ4n) is 7.80. The van der Waals surface area contributed by atoms with Gasteiger partial charge in [0.25, 0.3) is 0 Å². The third-order valence-corrected chi connectivity index (χ3v) is 12.2. The molecule has 4 N–H and O–H groups in total. The Kier molecular flexibility index (Phi) is 13.8. The average molecular weight is 920 g/mol. The Hall–Kier alpha value is -7.47. The van der Waals surface area contributed by atoms with Gasteiger partial charge in [-0.3, -0.25) is 4.79 Å². The van der Waals surface area contributed by atoms with E-state index in [1.807, 2.05) is 97.1 Å². The van der Waals surface area contributed by atoms with Crippen LogP contribution in [0.25, 0.3) is 22.5 Å². The van der Waals surface area contributed by atoms with Crippen molar-refractivity contribution in [1.29, 1.82) is 0 Å². The standard InChI is InChI=1S/C53H44Cl2N4O7/c1-31(41-17-19-45(47(54)50(41)61)65-29-35-13-9-33(10-14-35)25-37-5-3-7-39(27-37)43-21-23-56-52(63)58-43)49(60)32(2)42-18-20-46(48(55)51(42)62)66-30-36-15-11-34(12-16-36)26-38-6-4-8-40(28-38)44-22-24-57-53(64)59-44/h3-24,27-28,31-32,61-62H,25-26,29-30H2,1-2H3,(H,56,58,63)(H,57,59,64). The topological polar surface area (TPSA) is 167 Å². The highest BCUT2D eigenvalue weighted by Crippen LogP contribution is 2.44. The molecule has 332 valence electrons. The fraction of sp³-hybridized carbons (Fsp3) is 0.151. The Morgan fingerprint density at radius 3 is 1.33 bits per heavy atom. The van der Waals surface area contributed by atoms with Crippen molar-refractivity contribution in [2.24, 2.45) is 0 Å². The Morgan fingerprint density at radius 1 is 0.545 bits per heavy atom. The highest BCUT2D eigenvalue weighted by Gasteiger charge is 2.29. The van der Waals surface area contributed by atoms with E-state index in [1.165, 1.54) is 12.4 Å². The molecule has 0 aliphatic carbocycles. The molecule has 8 aromatic rings. The number of carbonyl (C=O) groups is 1. The quantitative estimate of drug-likeness (QED) is 0.0737. The van der Waals surface area contributed by atoms with Crippen molar-refractivity contribution in [2.45, 2.75) is 51.7 Å². The van der Waals surface area contributed by atoms with E-state index in [1.54, 1.807) is 50.2 Å². The molecule has 0 amide bonds. The SMILES string of the molecule is CC(C(=O)C(C)c1ccc(OCc2ccc(Cc3cccc(-c4ccnc(=O)[nH]4)c3)cc2)c(Cl)c1O)c1ccc(OCc2ccc(Cc3cccc(-c4ccnc(=O)[nH]4)c3)cc2)c(Cl)c1O. The second-order valence-corrected chi connectivity index (χ2v) is 16.8. The van der Waals surface area contributed by atoms with E-state index in [0.717, 1.165) is 44.5 Å². The van der Waals surface area contributed by atoms with Gasteiger partial charge >= 0.3 is 11.4 Å². The predicted octanol–water partition coefficient (Wildman–Crippen LogP) is 10.7. The van der Waals surface area contributed by atoms with E-state index >= 15 is 0 Å². The first kappa shape index (κ1) is 45.1. The highest BCUT2D eigenvalue weighted by molar-refractivity contribution is 6.34. The molecule has 0 aliphatic rings. The summed E-state index contributed by atoms with van der Waals surface area (Å²) < 4.78 is 12.0. The summed E-state index contributed by atoms with van der Waals surface area (Å²) in [5.41, 5.74) is 9.16. The summed E-state index contributed by atoms with van der Waals surface area (Å²) in [5.74, 6) is -1.85. The molecular weight excluding hydrogens is 876 g/mol. The minimum atomic E-state index is -0.792. The lowest BCUT2D eigenvalue weighted by Gasteiger charge is -2.21. The predicted molar refractivity (Wildman–Crippen MR) is 256 cm³/mol. The second-order valence-electron chi connectivity index (χ2n) is 16.0. The molecule has 66 heavy (non-hydrogen) atoms. The van der Waals surface area contributed by atoms with Crippen molar-refractivity contribution in [3.63, 3.8) is 0 Å². The number of phenols is 2. The smallest absolute Gasteiger partial charge is 0.345 e. The Balaban J connectivity index is 0.845. The van der Waals surface area contributed by atoms with Gasteiger partial charge in [0, 0.05) is 35.4 Å². The van der Waals surface area contributed by atoms with Crippen LogP contribution in [0.4, 0.5) is 0 Å². The molecule has 0 fully saturated rings. The van der Waals surface area contributed by atoms with Crippen LogP contribution in [0.15, 0.2) is 155 Å². The van der Waals surface area contributed by atoms with E-state index < -0.39 is 23.2 Å². The number of ether oxygens (including phenoxy) is 2. The van der Waals surface area contributed by atoms with Crippen molar-refractivity contribution < 1.29 is 24.5 Å². The van der Waals surface area contributed by atoms with E-state index in [2.05, 4.69) is 19.9 Å². The molecule has 0 saturated heterocycles. The lowest BCUT2D eigenvalue weighted by molar-refractivity contribution is -0.121. The molecule has 2 unspecified atom stereocenters. The summed E-state index contributed by atoms with van der Waals surface area (Å²) in [6, 6.07) is 41.9. The van der Waals surface area contributed by atoms with Crippen LogP contribution in [0.2, 0.25) is 10.0 Å². The van der Waals surface area contributed by atoms with Crippen molar-refractivity contribution >= 4 is 29.0 Å². The molecule has 0 bridgehead atoms. The summed E-state index contributed by atoms with van der Waals surface area (Å²) >= 11 is 13.2. The van der Waals surface area contributed by atoms with Gasteiger partial charge in [-0.1, -0.05) is 134 Å². The third-order valence-electron chi connectivity index (χ3n) is 11.5. The van der Waals surface area contributed by atoms with Crippen LogP contribution in [-0.2, 0) is 30.8 Å². The lowest BCUT2D eigenvalue weighted by Crippen LogP contribution is -2.17. The first-order valence-corrected chi connectivity index (χ1v) is 21.9. The molecule has 8 rings (SSSR count). The Morgan fingerprint density at radius 2 is 0.939 bits per heavy atom. The number of halogens is 2. The van der Waals surface area contributed by atoms with Gasteiger partial charge in [0.15, 0.2) is 0 Å². The van der Waals surface area contributed by atoms with Gasteiger partial charge in [0.1, 0.15) is 52.0 Å².